The molecule has 4 nitrogen and oxygen atoms in total. The lowest BCUT2D eigenvalue weighted by molar-refractivity contribution is -0.114. The van der Waals surface area contributed by atoms with Crippen LogP contribution < -0.4 is 4.90 Å². The van der Waals surface area contributed by atoms with Crippen molar-refractivity contribution < 1.29 is 14.3 Å². The van der Waals surface area contributed by atoms with Crippen LogP contribution in [0.4, 0.5) is 10.5 Å². The quantitative estimate of drug-likeness (QED) is 0.844. The third-order valence-corrected chi connectivity index (χ3v) is 3.27. The zero-order valence-corrected chi connectivity index (χ0v) is 11.5. The number of rotatable bonds is 3. The van der Waals surface area contributed by atoms with E-state index in [1.807, 2.05) is 24.3 Å². The van der Waals surface area contributed by atoms with Crippen LogP contribution in [0, 0.1) is 0 Å². The van der Waals surface area contributed by atoms with Gasteiger partial charge in [-0.3, -0.25) is 9.69 Å². The molecular weight excluding hydrogens is 254 g/mol. The number of para-hydroxylation sites is 1. The minimum atomic E-state index is -0.504. The second kappa shape index (κ2) is 6.19. The van der Waals surface area contributed by atoms with Crippen molar-refractivity contribution in [3.05, 3.63) is 48.7 Å². The molecule has 1 aliphatic carbocycles. The average Bonchev–Trinajstić information content (AvgIpc) is 2.48. The van der Waals surface area contributed by atoms with E-state index in [2.05, 4.69) is 6.58 Å². The van der Waals surface area contributed by atoms with E-state index in [0.29, 0.717) is 12.1 Å². The molecule has 0 heterocycles. The van der Waals surface area contributed by atoms with Crippen LogP contribution in [0.5, 0.6) is 0 Å². The molecule has 20 heavy (non-hydrogen) atoms. The molecule has 104 valence electrons. The average molecular weight is 271 g/mol. The van der Waals surface area contributed by atoms with Crippen LogP contribution in [0.15, 0.2) is 43.1 Å². The number of allylic oxidation sites excluding steroid dienone is 2. The summed E-state index contributed by atoms with van der Waals surface area (Å²) in [6.45, 7) is 3.65. The van der Waals surface area contributed by atoms with Crippen LogP contribution in [0.3, 0.4) is 0 Å². The normalized spacial score (nSPS) is 14.4. The molecule has 0 aliphatic heterocycles. The van der Waals surface area contributed by atoms with E-state index in [1.54, 1.807) is 6.08 Å². The molecule has 0 saturated carbocycles. The standard InChI is InChI=1S/C16H17NO3/c1-3-17(16(19)20-2)15-10-5-4-9-14(15)12-7-6-8-13(18)11-12/h3-5,9-11H,1,6-8H2,2H3. The maximum atomic E-state index is 11.8. The number of amides is 1. The van der Waals surface area contributed by atoms with Crippen molar-refractivity contribution in [2.45, 2.75) is 19.3 Å². The largest absolute Gasteiger partial charge is 0.452 e. The molecule has 0 N–H and O–H groups in total. The first-order chi connectivity index (χ1) is 9.67. The molecule has 4 heteroatoms. The van der Waals surface area contributed by atoms with Crippen LogP contribution in [-0.4, -0.2) is 19.0 Å². The lowest BCUT2D eigenvalue weighted by atomic mass is 9.92. The molecule has 0 aromatic heterocycles. The highest BCUT2D eigenvalue weighted by molar-refractivity contribution is 6.01. The Kier molecular flexibility index (Phi) is 4.35. The predicted octanol–water partition coefficient (Wildman–Crippen LogP) is 3.54. The Morgan fingerprint density at radius 3 is 2.75 bits per heavy atom. The molecular formula is C16H17NO3. The first kappa shape index (κ1) is 14.1. The number of hydrogen-bond acceptors (Lipinski definition) is 3. The summed E-state index contributed by atoms with van der Waals surface area (Å²) in [5.74, 6) is 0.129. The van der Waals surface area contributed by atoms with Crippen LogP contribution in [0.25, 0.3) is 5.57 Å². The lowest BCUT2D eigenvalue weighted by Crippen LogP contribution is -2.25. The van der Waals surface area contributed by atoms with Crippen molar-refractivity contribution >= 4 is 23.1 Å². The van der Waals surface area contributed by atoms with Crippen molar-refractivity contribution in [1.82, 2.24) is 0 Å². The monoisotopic (exact) mass is 271 g/mol. The van der Waals surface area contributed by atoms with E-state index in [1.165, 1.54) is 18.2 Å². The Bertz CT molecular complexity index is 575. The summed E-state index contributed by atoms with van der Waals surface area (Å²) < 4.78 is 4.75. The van der Waals surface area contributed by atoms with Gasteiger partial charge in [-0.15, -0.1) is 0 Å². The fourth-order valence-electron chi connectivity index (χ4n) is 2.33. The van der Waals surface area contributed by atoms with Gasteiger partial charge in [0.1, 0.15) is 0 Å². The first-order valence-corrected chi connectivity index (χ1v) is 6.50. The highest BCUT2D eigenvalue weighted by Gasteiger charge is 2.20. The number of nitrogens with zero attached hydrogens (tertiary/aromatic N) is 1. The second-order valence-electron chi connectivity index (χ2n) is 4.53. The minimum absolute atomic E-state index is 0.129. The van der Waals surface area contributed by atoms with E-state index in [9.17, 15) is 9.59 Å². The van der Waals surface area contributed by atoms with Gasteiger partial charge in [0, 0.05) is 18.2 Å². The second-order valence-corrected chi connectivity index (χ2v) is 4.53. The smallest absolute Gasteiger partial charge is 0.418 e. The third kappa shape index (κ3) is 2.79. The number of hydrogen-bond donors (Lipinski definition) is 0. The van der Waals surface area contributed by atoms with Crippen LogP contribution in [0.2, 0.25) is 0 Å². The van der Waals surface area contributed by atoms with Crippen molar-refractivity contribution in [3.8, 4) is 0 Å². The zero-order chi connectivity index (χ0) is 14.5. The number of anilines is 1. The zero-order valence-electron chi connectivity index (χ0n) is 11.5. The molecule has 2 rings (SSSR count). The molecule has 0 bridgehead atoms. The molecule has 1 aromatic rings. The highest BCUT2D eigenvalue weighted by Crippen LogP contribution is 2.33. The number of methoxy groups -OCH3 is 1. The Balaban J connectivity index is 2.47. The predicted molar refractivity (Wildman–Crippen MR) is 78.4 cm³/mol. The van der Waals surface area contributed by atoms with E-state index >= 15 is 0 Å². The number of benzene rings is 1. The number of carbonyl (C=O) groups excluding carboxylic acids is 2. The molecule has 1 aliphatic rings. The summed E-state index contributed by atoms with van der Waals surface area (Å²) in [5, 5.41) is 0. The summed E-state index contributed by atoms with van der Waals surface area (Å²) >= 11 is 0. The van der Waals surface area contributed by atoms with Gasteiger partial charge >= 0.3 is 6.09 Å². The van der Waals surface area contributed by atoms with Crippen LogP contribution in [0.1, 0.15) is 24.8 Å². The summed E-state index contributed by atoms with van der Waals surface area (Å²) in [6.07, 6.45) is 4.83. The summed E-state index contributed by atoms with van der Waals surface area (Å²) in [7, 11) is 1.32. The molecule has 0 spiro atoms. The summed E-state index contributed by atoms with van der Waals surface area (Å²) in [4.78, 5) is 24.7. The van der Waals surface area contributed by atoms with Crippen LogP contribution in [-0.2, 0) is 9.53 Å². The first-order valence-electron chi connectivity index (χ1n) is 6.50. The van der Waals surface area contributed by atoms with E-state index in [4.69, 9.17) is 4.74 Å². The number of ether oxygens (including phenoxy) is 1. The van der Waals surface area contributed by atoms with Gasteiger partial charge in [-0.1, -0.05) is 24.8 Å². The van der Waals surface area contributed by atoms with Gasteiger partial charge in [0.25, 0.3) is 0 Å². The summed E-state index contributed by atoms with van der Waals surface area (Å²) in [5.41, 5.74) is 2.49. The molecule has 1 aromatic carbocycles. The Morgan fingerprint density at radius 1 is 1.35 bits per heavy atom. The Hall–Kier alpha value is -2.36. The fraction of sp³-hybridized carbons (Fsp3) is 0.250. The van der Waals surface area contributed by atoms with Crippen molar-refractivity contribution in [3.63, 3.8) is 0 Å². The molecule has 0 atom stereocenters. The fourth-order valence-corrected chi connectivity index (χ4v) is 2.33. The van der Waals surface area contributed by atoms with Gasteiger partial charge in [0.2, 0.25) is 0 Å². The molecule has 0 saturated heterocycles. The number of carbonyl (C=O) groups is 2. The van der Waals surface area contributed by atoms with Crippen molar-refractivity contribution in [1.29, 1.82) is 0 Å². The van der Waals surface area contributed by atoms with Gasteiger partial charge in [0.15, 0.2) is 5.78 Å². The van der Waals surface area contributed by atoms with Gasteiger partial charge in [0.05, 0.1) is 12.8 Å². The van der Waals surface area contributed by atoms with Crippen molar-refractivity contribution in [2.24, 2.45) is 0 Å². The minimum Gasteiger partial charge on any atom is -0.452 e. The Morgan fingerprint density at radius 2 is 2.10 bits per heavy atom. The van der Waals surface area contributed by atoms with E-state index in [0.717, 1.165) is 24.0 Å². The van der Waals surface area contributed by atoms with E-state index < -0.39 is 6.09 Å². The molecule has 0 unspecified atom stereocenters. The molecule has 0 radical (unpaired) electrons. The van der Waals surface area contributed by atoms with Gasteiger partial charge in [-0.25, -0.2) is 4.79 Å². The number of ketones is 1. The molecule has 0 fully saturated rings. The van der Waals surface area contributed by atoms with E-state index in [-0.39, 0.29) is 5.78 Å². The van der Waals surface area contributed by atoms with Crippen molar-refractivity contribution in [2.75, 3.05) is 12.0 Å². The molecule has 1 amide bonds. The van der Waals surface area contributed by atoms with Gasteiger partial charge < -0.3 is 4.74 Å². The topological polar surface area (TPSA) is 46.6 Å². The van der Waals surface area contributed by atoms with Gasteiger partial charge in [-0.2, -0.15) is 0 Å². The maximum Gasteiger partial charge on any atom is 0.418 e. The van der Waals surface area contributed by atoms with Crippen LogP contribution >= 0.6 is 0 Å². The SMILES string of the molecule is C=CN(C(=O)OC)c1ccccc1C1=CC(=O)CCC1. The summed E-state index contributed by atoms with van der Waals surface area (Å²) in [6, 6.07) is 7.44. The maximum absolute atomic E-state index is 11.8. The Labute approximate surface area is 118 Å². The van der Waals surface area contributed by atoms with Gasteiger partial charge in [-0.05, 0) is 30.6 Å². The lowest BCUT2D eigenvalue weighted by Gasteiger charge is -2.22. The highest BCUT2D eigenvalue weighted by atomic mass is 16.5. The third-order valence-electron chi connectivity index (χ3n) is 3.27.